The highest BCUT2D eigenvalue weighted by atomic mass is 16.6. The lowest BCUT2D eigenvalue weighted by molar-refractivity contribution is -0.135. The summed E-state index contributed by atoms with van der Waals surface area (Å²) in [6.07, 6.45) is 0.397. The molecule has 0 aromatic carbocycles. The van der Waals surface area contributed by atoms with Crippen LogP contribution in [0.5, 0.6) is 0 Å². The average molecular weight is 361 g/mol. The van der Waals surface area contributed by atoms with E-state index in [9.17, 15) is 14.4 Å². The summed E-state index contributed by atoms with van der Waals surface area (Å²) in [6, 6.07) is 4.68. The molecular weight excluding hydrogens is 334 g/mol. The van der Waals surface area contributed by atoms with Crippen LogP contribution in [0.25, 0.3) is 0 Å². The Labute approximate surface area is 153 Å². The van der Waals surface area contributed by atoms with Crippen LogP contribution in [0.1, 0.15) is 45.7 Å². The molecule has 7 nitrogen and oxygen atoms in total. The van der Waals surface area contributed by atoms with Crippen LogP contribution in [0.2, 0.25) is 0 Å². The highest BCUT2D eigenvalue weighted by molar-refractivity contribution is 5.85. The Hall–Kier alpha value is -2.31. The van der Waals surface area contributed by atoms with Crippen LogP contribution in [0.4, 0.5) is 4.79 Å². The van der Waals surface area contributed by atoms with Gasteiger partial charge in [0.15, 0.2) is 0 Å². The van der Waals surface area contributed by atoms with E-state index in [1.807, 2.05) is 15.5 Å². The highest BCUT2D eigenvalue weighted by Gasteiger charge is 2.37. The number of carbonyl (C=O) groups is 2. The van der Waals surface area contributed by atoms with Crippen molar-refractivity contribution in [2.24, 2.45) is 5.92 Å². The van der Waals surface area contributed by atoms with Crippen molar-refractivity contribution in [1.29, 1.82) is 0 Å². The summed E-state index contributed by atoms with van der Waals surface area (Å²) in [5.74, 6) is 0.311. The molecule has 0 saturated carbocycles. The van der Waals surface area contributed by atoms with Crippen LogP contribution < -0.4 is 10.9 Å². The smallest absolute Gasteiger partial charge is 0.408 e. The molecule has 0 spiro atoms. The van der Waals surface area contributed by atoms with Gasteiger partial charge >= 0.3 is 6.09 Å². The molecule has 142 valence electrons. The number of pyridine rings is 1. The van der Waals surface area contributed by atoms with Crippen molar-refractivity contribution < 1.29 is 14.3 Å². The Morgan fingerprint density at radius 2 is 1.96 bits per heavy atom. The lowest BCUT2D eigenvalue weighted by atomic mass is 9.83. The molecule has 2 bridgehead atoms. The van der Waals surface area contributed by atoms with E-state index in [-0.39, 0.29) is 23.3 Å². The summed E-state index contributed by atoms with van der Waals surface area (Å²) in [7, 11) is 0. The van der Waals surface area contributed by atoms with Crippen LogP contribution in [0, 0.1) is 5.92 Å². The Morgan fingerprint density at radius 1 is 1.23 bits per heavy atom. The van der Waals surface area contributed by atoms with Crippen molar-refractivity contribution in [2.75, 3.05) is 13.1 Å². The summed E-state index contributed by atoms with van der Waals surface area (Å²) in [5, 5.41) is 2.62. The van der Waals surface area contributed by atoms with Crippen LogP contribution in [0.15, 0.2) is 23.0 Å². The highest BCUT2D eigenvalue weighted by Crippen LogP contribution is 2.35. The maximum atomic E-state index is 12.8. The number of likely N-dealkylation sites (tertiary alicyclic amines) is 1. The summed E-state index contributed by atoms with van der Waals surface area (Å²) < 4.78 is 7.06. The third-order valence-corrected chi connectivity index (χ3v) is 4.90. The molecule has 26 heavy (non-hydrogen) atoms. The van der Waals surface area contributed by atoms with Gasteiger partial charge in [-0.05, 0) is 46.1 Å². The number of amides is 2. The Bertz CT molecular complexity index is 765. The second kappa shape index (κ2) is 6.78. The molecule has 1 aromatic rings. The largest absolute Gasteiger partial charge is 0.444 e. The molecule has 2 aliphatic rings. The van der Waals surface area contributed by atoms with E-state index in [0.29, 0.717) is 19.6 Å². The molecule has 1 N–H and O–H groups in total. The van der Waals surface area contributed by atoms with Gasteiger partial charge in [0.2, 0.25) is 5.91 Å². The van der Waals surface area contributed by atoms with Gasteiger partial charge in [0.1, 0.15) is 11.6 Å². The monoisotopic (exact) mass is 361 g/mol. The van der Waals surface area contributed by atoms with Gasteiger partial charge in [-0.25, -0.2) is 4.79 Å². The fraction of sp³-hybridized carbons (Fsp3) is 0.632. The molecule has 0 unspecified atom stereocenters. The molecule has 2 amide bonds. The molecule has 1 fully saturated rings. The van der Waals surface area contributed by atoms with Gasteiger partial charge < -0.3 is 19.5 Å². The minimum absolute atomic E-state index is 0.0249. The number of nitrogens with one attached hydrogen (secondary N) is 1. The van der Waals surface area contributed by atoms with Crippen LogP contribution in [-0.4, -0.2) is 46.2 Å². The Balaban J connectivity index is 1.67. The lowest BCUT2D eigenvalue weighted by Crippen LogP contribution is -2.54. The van der Waals surface area contributed by atoms with Crippen molar-refractivity contribution in [3.05, 3.63) is 34.2 Å². The Morgan fingerprint density at radius 3 is 2.65 bits per heavy atom. The minimum Gasteiger partial charge on any atom is -0.444 e. The molecule has 0 radical (unpaired) electrons. The van der Waals surface area contributed by atoms with Crippen molar-refractivity contribution in [3.63, 3.8) is 0 Å². The van der Waals surface area contributed by atoms with Crippen molar-refractivity contribution >= 4 is 12.0 Å². The van der Waals surface area contributed by atoms with E-state index in [0.717, 1.165) is 12.1 Å². The van der Waals surface area contributed by atoms with E-state index in [1.165, 1.54) is 0 Å². The topological polar surface area (TPSA) is 80.6 Å². The third kappa shape index (κ3) is 3.92. The number of rotatable bonds is 2. The number of hydrogen-bond donors (Lipinski definition) is 1. The van der Waals surface area contributed by atoms with Gasteiger partial charge in [0.05, 0.1) is 0 Å². The van der Waals surface area contributed by atoms with E-state index in [2.05, 4.69) is 5.32 Å². The first-order chi connectivity index (χ1) is 12.1. The Kier molecular flexibility index (Phi) is 4.82. The van der Waals surface area contributed by atoms with Crippen LogP contribution >= 0.6 is 0 Å². The minimum atomic E-state index is -0.651. The van der Waals surface area contributed by atoms with Gasteiger partial charge in [-0.1, -0.05) is 6.07 Å². The predicted molar refractivity (Wildman–Crippen MR) is 97.0 cm³/mol. The van der Waals surface area contributed by atoms with Gasteiger partial charge in [-0.3, -0.25) is 9.59 Å². The molecule has 3 heterocycles. The number of ether oxygens (including phenoxy) is 1. The number of piperidine rings is 1. The van der Waals surface area contributed by atoms with Crippen LogP contribution in [-0.2, 0) is 16.1 Å². The van der Waals surface area contributed by atoms with E-state index in [4.69, 9.17) is 4.74 Å². The normalized spacial score (nSPS) is 23.0. The second-order valence-corrected chi connectivity index (χ2v) is 8.31. The number of hydrogen-bond acceptors (Lipinski definition) is 4. The molecule has 3 atom stereocenters. The zero-order chi connectivity index (χ0) is 19.1. The number of aromatic nitrogens is 1. The van der Waals surface area contributed by atoms with Crippen LogP contribution in [0.3, 0.4) is 0 Å². The SMILES string of the molecule is C[C@H](NC(=O)OC(C)(C)C)C(=O)N1C[C@H]2C[C@H](C1)c1cccc(=O)n1C2. The van der Waals surface area contributed by atoms with E-state index < -0.39 is 17.7 Å². The van der Waals surface area contributed by atoms with Crippen molar-refractivity contribution in [2.45, 2.75) is 58.2 Å². The number of nitrogens with zero attached hydrogens (tertiary/aromatic N) is 2. The molecule has 3 rings (SSSR count). The first-order valence-electron chi connectivity index (χ1n) is 9.12. The zero-order valence-electron chi connectivity index (χ0n) is 15.8. The molecule has 0 aliphatic carbocycles. The first-order valence-corrected chi connectivity index (χ1v) is 9.12. The average Bonchev–Trinajstić information content (AvgIpc) is 2.53. The summed E-state index contributed by atoms with van der Waals surface area (Å²) in [4.78, 5) is 38.6. The zero-order valence-corrected chi connectivity index (χ0v) is 15.8. The van der Waals surface area contributed by atoms with Crippen molar-refractivity contribution in [3.8, 4) is 0 Å². The molecule has 7 heteroatoms. The lowest BCUT2D eigenvalue weighted by Gasteiger charge is -2.43. The summed E-state index contributed by atoms with van der Waals surface area (Å²) in [5.41, 5.74) is 0.419. The molecule has 1 saturated heterocycles. The third-order valence-electron chi connectivity index (χ3n) is 4.90. The molecule has 1 aromatic heterocycles. The molecule has 2 aliphatic heterocycles. The quantitative estimate of drug-likeness (QED) is 0.869. The van der Waals surface area contributed by atoms with Gasteiger partial charge in [0.25, 0.3) is 5.56 Å². The first kappa shape index (κ1) is 18.5. The van der Waals surface area contributed by atoms with Gasteiger partial charge in [0, 0.05) is 37.3 Å². The van der Waals surface area contributed by atoms with Gasteiger partial charge in [-0.2, -0.15) is 0 Å². The maximum Gasteiger partial charge on any atom is 0.408 e. The second-order valence-electron chi connectivity index (χ2n) is 8.31. The van der Waals surface area contributed by atoms with E-state index >= 15 is 0 Å². The summed E-state index contributed by atoms with van der Waals surface area (Å²) >= 11 is 0. The standard InChI is InChI=1S/C19H27N3O4/c1-12(20-18(25)26-19(2,3)4)17(24)21-9-13-8-14(11-21)15-6-5-7-16(23)22(15)10-13/h5-7,12-14H,8-11H2,1-4H3,(H,20,25)/t12-,13+,14+/m0/s1. The predicted octanol–water partition coefficient (Wildman–Crippen LogP) is 1.71. The molecular formula is C19H27N3O4. The fourth-order valence-electron chi connectivity index (χ4n) is 3.90. The number of fused-ring (bicyclic) bond motifs is 4. The number of carbonyl (C=O) groups excluding carboxylic acids is 2. The number of alkyl carbamates (subject to hydrolysis) is 1. The maximum absolute atomic E-state index is 12.8. The van der Waals surface area contributed by atoms with Gasteiger partial charge in [-0.15, -0.1) is 0 Å². The fourth-order valence-corrected chi connectivity index (χ4v) is 3.90. The van der Waals surface area contributed by atoms with Crippen molar-refractivity contribution in [1.82, 2.24) is 14.8 Å². The summed E-state index contributed by atoms with van der Waals surface area (Å²) in [6.45, 7) is 8.84. The van der Waals surface area contributed by atoms with E-state index in [1.54, 1.807) is 39.8 Å².